The van der Waals surface area contributed by atoms with Crippen LogP contribution in [0, 0.1) is 0 Å². The van der Waals surface area contributed by atoms with Gasteiger partial charge in [0.05, 0.1) is 0 Å². The molecule has 0 saturated heterocycles. The van der Waals surface area contributed by atoms with Crippen LogP contribution >= 0.6 is 8.58 Å². The Hall–Kier alpha value is -1.33. The molecule has 2 aromatic rings. The molecule has 0 bridgehead atoms. The number of hydrogen-bond acceptors (Lipinski definition) is 1. The second-order valence-electron chi connectivity index (χ2n) is 6.04. The van der Waals surface area contributed by atoms with Crippen LogP contribution in [0.3, 0.4) is 0 Å². The van der Waals surface area contributed by atoms with E-state index in [4.69, 9.17) is 0 Å². The lowest BCUT2D eigenvalue weighted by Crippen LogP contribution is -2.08. The van der Waals surface area contributed by atoms with Crippen LogP contribution in [-0.4, -0.2) is 6.66 Å². The Labute approximate surface area is 131 Å². The van der Waals surface area contributed by atoms with Crippen molar-refractivity contribution in [2.45, 2.75) is 39.5 Å². The lowest BCUT2D eigenvalue weighted by atomic mass is 9.92. The van der Waals surface area contributed by atoms with Gasteiger partial charge >= 0.3 is 0 Å². The van der Waals surface area contributed by atoms with Gasteiger partial charge < -0.3 is 5.32 Å². The predicted molar refractivity (Wildman–Crippen MR) is 98.2 cm³/mol. The van der Waals surface area contributed by atoms with Crippen LogP contribution in [0.5, 0.6) is 0 Å². The summed E-state index contributed by atoms with van der Waals surface area (Å²) in [4.78, 5) is 0. The summed E-state index contributed by atoms with van der Waals surface area (Å²) in [5.41, 5.74) is 5.34. The molecule has 1 atom stereocenters. The molecule has 0 aliphatic carbocycles. The smallest absolute Gasteiger partial charge is 0.0459 e. The summed E-state index contributed by atoms with van der Waals surface area (Å²) in [5.74, 6) is 1.03. The quantitative estimate of drug-likeness (QED) is 0.707. The zero-order chi connectivity index (χ0) is 15.4. The fourth-order valence-electron chi connectivity index (χ4n) is 2.64. The minimum Gasteiger partial charge on any atom is -0.355 e. The van der Waals surface area contributed by atoms with Gasteiger partial charge in [-0.2, -0.15) is 0 Å². The molecule has 1 unspecified atom stereocenters. The number of para-hydroxylation sites is 2. The molecule has 0 aliphatic rings. The lowest BCUT2D eigenvalue weighted by molar-refractivity contribution is 0.838. The molecule has 0 aliphatic heterocycles. The SMILES string of the molecule is CPc1ccccc1Nc1c(C(C)C)cccc1C(C)C. The highest BCUT2D eigenvalue weighted by Crippen LogP contribution is 2.34. The van der Waals surface area contributed by atoms with Gasteiger partial charge in [0.2, 0.25) is 0 Å². The molecule has 1 nitrogen and oxygen atoms in total. The minimum atomic E-state index is 0.516. The first kappa shape index (κ1) is 16.0. The van der Waals surface area contributed by atoms with Crippen LogP contribution in [0.15, 0.2) is 42.5 Å². The molecule has 0 fully saturated rings. The van der Waals surface area contributed by atoms with E-state index >= 15 is 0 Å². The van der Waals surface area contributed by atoms with Crippen molar-refractivity contribution in [1.29, 1.82) is 0 Å². The summed E-state index contributed by atoms with van der Waals surface area (Å²) < 4.78 is 0. The number of anilines is 2. The first-order chi connectivity index (χ1) is 10.0. The first-order valence-corrected chi connectivity index (χ1v) is 9.21. The van der Waals surface area contributed by atoms with Gasteiger partial charge in [0.25, 0.3) is 0 Å². The molecule has 0 amide bonds. The fraction of sp³-hybridized carbons (Fsp3) is 0.368. The van der Waals surface area contributed by atoms with E-state index in [9.17, 15) is 0 Å². The van der Waals surface area contributed by atoms with Crippen molar-refractivity contribution in [2.75, 3.05) is 12.0 Å². The minimum absolute atomic E-state index is 0.516. The van der Waals surface area contributed by atoms with E-state index < -0.39 is 0 Å². The zero-order valence-electron chi connectivity index (χ0n) is 13.7. The Morgan fingerprint density at radius 2 is 1.38 bits per heavy atom. The van der Waals surface area contributed by atoms with E-state index in [2.05, 4.69) is 82.1 Å². The Bertz CT molecular complexity index is 576. The summed E-state index contributed by atoms with van der Waals surface area (Å²) in [7, 11) is 0.801. The molecule has 0 saturated carbocycles. The normalized spacial score (nSPS) is 11.8. The van der Waals surface area contributed by atoms with Crippen LogP contribution in [-0.2, 0) is 0 Å². The van der Waals surface area contributed by atoms with Gasteiger partial charge in [0, 0.05) is 11.4 Å². The van der Waals surface area contributed by atoms with E-state index in [0.29, 0.717) is 11.8 Å². The van der Waals surface area contributed by atoms with Crippen molar-refractivity contribution in [1.82, 2.24) is 0 Å². The average molecular weight is 299 g/mol. The first-order valence-electron chi connectivity index (χ1n) is 7.71. The lowest BCUT2D eigenvalue weighted by Gasteiger charge is -2.22. The number of nitrogens with one attached hydrogen (secondary N) is 1. The molecule has 0 spiro atoms. The van der Waals surface area contributed by atoms with Gasteiger partial charge in [0.1, 0.15) is 0 Å². The van der Waals surface area contributed by atoms with Gasteiger partial charge in [-0.25, -0.2) is 0 Å². The van der Waals surface area contributed by atoms with E-state index in [1.54, 1.807) is 0 Å². The maximum absolute atomic E-state index is 3.73. The third-order valence-electron chi connectivity index (χ3n) is 3.83. The van der Waals surface area contributed by atoms with Crippen LogP contribution in [0.2, 0.25) is 0 Å². The summed E-state index contributed by atoms with van der Waals surface area (Å²) >= 11 is 0. The van der Waals surface area contributed by atoms with Gasteiger partial charge in [-0.3, -0.25) is 0 Å². The highest BCUT2D eigenvalue weighted by atomic mass is 31.1. The molecular formula is C19H26NP. The molecule has 0 heterocycles. The maximum atomic E-state index is 3.73. The van der Waals surface area contributed by atoms with Crippen molar-refractivity contribution in [3.05, 3.63) is 53.6 Å². The highest BCUT2D eigenvalue weighted by Gasteiger charge is 2.14. The third-order valence-corrected chi connectivity index (χ3v) is 4.80. The van der Waals surface area contributed by atoms with Crippen molar-refractivity contribution in [3.63, 3.8) is 0 Å². The molecule has 0 radical (unpaired) electrons. The van der Waals surface area contributed by atoms with E-state index in [0.717, 1.165) is 8.58 Å². The number of benzene rings is 2. The Balaban J connectivity index is 2.51. The van der Waals surface area contributed by atoms with Crippen molar-refractivity contribution in [2.24, 2.45) is 0 Å². The second-order valence-corrected chi connectivity index (χ2v) is 7.08. The monoisotopic (exact) mass is 299 g/mol. The number of hydrogen-bond donors (Lipinski definition) is 1. The maximum Gasteiger partial charge on any atom is 0.0459 e. The van der Waals surface area contributed by atoms with Gasteiger partial charge in [-0.1, -0.05) is 72.7 Å². The largest absolute Gasteiger partial charge is 0.355 e. The van der Waals surface area contributed by atoms with Crippen LogP contribution < -0.4 is 10.6 Å². The molecule has 2 rings (SSSR count). The summed E-state index contributed by atoms with van der Waals surface area (Å²) in [5, 5.41) is 5.12. The van der Waals surface area contributed by atoms with Crippen LogP contribution in [0.1, 0.15) is 50.7 Å². The number of rotatable bonds is 5. The topological polar surface area (TPSA) is 12.0 Å². The van der Waals surface area contributed by atoms with Crippen molar-refractivity contribution in [3.8, 4) is 0 Å². The van der Waals surface area contributed by atoms with E-state index in [1.807, 2.05) is 0 Å². The van der Waals surface area contributed by atoms with Gasteiger partial charge in [-0.15, -0.1) is 0 Å². The summed E-state index contributed by atoms with van der Waals surface area (Å²) in [6, 6.07) is 15.3. The molecular weight excluding hydrogens is 273 g/mol. The van der Waals surface area contributed by atoms with Crippen LogP contribution in [0.25, 0.3) is 0 Å². The molecule has 112 valence electrons. The fourth-order valence-corrected chi connectivity index (χ4v) is 3.32. The van der Waals surface area contributed by atoms with E-state index in [1.165, 1.54) is 27.8 Å². The Morgan fingerprint density at radius 3 is 1.90 bits per heavy atom. The standard InChI is InChI=1S/C19H26NP/c1-13(2)15-9-8-10-16(14(3)4)19(15)20-17-11-6-7-12-18(17)21-5/h6-14,20-21H,1-5H3. The van der Waals surface area contributed by atoms with Gasteiger partial charge in [-0.05, 0) is 41.0 Å². The molecule has 0 aromatic heterocycles. The van der Waals surface area contributed by atoms with Crippen molar-refractivity contribution >= 4 is 25.3 Å². The highest BCUT2D eigenvalue weighted by molar-refractivity contribution is 7.46. The molecule has 1 N–H and O–H groups in total. The zero-order valence-corrected chi connectivity index (χ0v) is 14.7. The third kappa shape index (κ3) is 3.66. The Kier molecular flexibility index (Phi) is 5.42. The Morgan fingerprint density at radius 1 is 0.810 bits per heavy atom. The molecule has 21 heavy (non-hydrogen) atoms. The van der Waals surface area contributed by atoms with Crippen molar-refractivity contribution < 1.29 is 0 Å². The molecule has 2 aromatic carbocycles. The molecule has 2 heteroatoms. The van der Waals surface area contributed by atoms with Gasteiger partial charge in [0.15, 0.2) is 0 Å². The van der Waals surface area contributed by atoms with E-state index in [-0.39, 0.29) is 0 Å². The summed E-state index contributed by atoms with van der Waals surface area (Å²) in [6.07, 6.45) is 0. The summed E-state index contributed by atoms with van der Waals surface area (Å²) in [6.45, 7) is 11.3. The second kappa shape index (κ2) is 7.09. The average Bonchev–Trinajstić information content (AvgIpc) is 2.47. The predicted octanol–water partition coefficient (Wildman–Crippen LogP) is 5.61. The van der Waals surface area contributed by atoms with Crippen LogP contribution in [0.4, 0.5) is 11.4 Å².